The van der Waals surface area contributed by atoms with Gasteiger partial charge in [-0.05, 0) is 37.8 Å². The number of hydrogen-bond acceptors (Lipinski definition) is 2. The molecule has 3 nitrogen and oxygen atoms in total. The number of nitrogens with zero attached hydrogens (tertiary/aromatic N) is 1. The molecule has 2 aliphatic carbocycles. The van der Waals surface area contributed by atoms with Crippen LogP contribution in [0.25, 0.3) is 10.9 Å². The number of carbonyl (C=O) groups is 1. The number of hydrogen-bond donors (Lipinski definition) is 1. The summed E-state index contributed by atoms with van der Waals surface area (Å²) in [5, 5.41) is 4.18. The molecule has 1 amide bonds. The van der Waals surface area contributed by atoms with E-state index in [1.807, 2.05) is 30.3 Å². The molecule has 0 aliphatic heterocycles. The predicted molar refractivity (Wildman–Crippen MR) is 83.4 cm³/mol. The summed E-state index contributed by atoms with van der Waals surface area (Å²) in [6.07, 6.45) is 7.10. The van der Waals surface area contributed by atoms with Crippen molar-refractivity contribution in [1.29, 1.82) is 0 Å². The number of para-hydroxylation sites is 1. The summed E-state index contributed by atoms with van der Waals surface area (Å²) in [5.41, 5.74) is 2.83. The van der Waals surface area contributed by atoms with E-state index in [-0.39, 0.29) is 5.91 Å². The average Bonchev–Trinajstić information content (AvgIpc) is 3.24. The third-order valence-electron chi connectivity index (χ3n) is 4.67. The first-order valence-corrected chi connectivity index (χ1v) is 8.02. The highest BCUT2D eigenvalue weighted by Gasteiger charge is 2.27. The molecule has 2 aliphatic rings. The molecule has 0 unspecified atom stereocenters. The fourth-order valence-electron chi connectivity index (χ4n) is 3.31. The van der Waals surface area contributed by atoms with E-state index in [2.05, 4.69) is 5.32 Å². The van der Waals surface area contributed by atoms with Gasteiger partial charge in [-0.1, -0.05) is 31.0 Å². The standard InChI is InChI=1S/C18H20N2O/c21-18(19-13-5-1-2-6-13)15-11-17(12-9-10-12)20-16-8-4-3-7-14(15)16/h3-4,7-8,11-13H,1-2,5-6,9-10H2,(H,19,21). The summed E-state index contributed by atoms with van der Waals surface area (Å²) in [5.74, 6) is 0.634. The minimum atomic E-state index is 0.0717. The molecule has 1 aromatic carbocycles. The Balaban J connectivity index is 1.72. The van der Waals surface area contributed by atoms with Crippen LogP contribution in [0.15, 0.2) is 30.3 Å². The van der Waals surface area contributed by atoms with Gasteiger partial charge >= 0.3 is 0 Å². The second-order valence-corrected chi connectivity index (χ2v) is 6.34. The highest BCUT2D eigenvalue weighted by Crippen LogP contribution is 2.40. The maximum Gasteiger partial charge on any atom is 0.252 e. The van der Waals surface area contributed by atoms with E-state index in [1.54, 1.807) is 0 Å². The van der Waals surface area contributed by atoms with E-state index in [0.717, 1.165) is 35.0 Å². The predicted octanol–water partition coefficient (Wildman–Crippen LogP) is 3.78. The molecule has 0 spiro atoms. The van der Waals surface area contributed by atoms with Gasteiger partial charge in [0, 0.05) is 23.0 Å². The zero-order chi connectivity index (χ0) is 14.2. The van der Waals surface area contributed by atoms with E-state index in [1.165, 1.54) is 25.7 Å². The minimum Gasteiger partial charge on any atom is -0.349 e. The van der Waals surface area contributed by atoms with Gasteiger partial charge in [0.15, 0.2) is 0 Å². The molecule has 3 heteroatoms. The SMILES string of the molecule is O=C(NC1CCCC1)c1cc(C2CC2)nc2ccccc12. The van der Waals surface area contributed by atoms with E-state index in [4.69, 9.17) is 4.98 Å². The zero-order valence-corrected chi connectivity index (χ0v) is 12.1. The molecule has 0 saturated heterocycles. The van der Waals surface area contributed by atoms with Gasteiger partial charge in [-0.25, -0.2) is 0 Å². The van der Waals surface area contributed by atoms with Gasteiger partial charge in [-0.15, -0.1) is 0 Å². The van der Waals surface area contributed by atoms with E-state index in [9.17, 15) is 4.79 Å². The van der Waals surface area contributed by atoms with Crippen molar-refractivity contribution in [2.75, 3.05) is 0 Å². The highest BCUT2D eigenvalue weighted by molar-refractivity contribution is 6.06. The molecule has 108 valence electrons. The summed E-state index contributed by atoms with van der Waals surface area (Å²) in [6.45, 7) is 0. The van der Waals surface area contributed by atoms with Crippen LogP contribution in [0.4, 0.5) is 0 Å². The Hall–Kier alpha value is -1.90. The van der Waals surface area contributed by atoms with Gasteiger partial charge < -0.3 is 5.32 Å². The van der Waals surface area contributed by atoms with Crippen molar-refractivity contribution in [3.8, 4) is 0 Å². The lowest BCUT2D eigenvalue weighted by molar-refractivity contribution is 0.0939. The smallest absolute Gasteiger partial charge is 0.252 e. The Morgan fingerprint density at radius 2 is 1.86 bits per heavy atom. The molecule has 2 fully saturated rings. The maximum absolute atomic E-state index is 12.7. The fraction of sp³-hybridized carbons (Fsp3) is 0.444. The summed E-state index contributed by atoms with van der Waals surface area (Å²) >= 11 is 0. The van der Waals surface area contributed by atoms with Crippen LogP contribution >= 0.6 is 0 Å². The van der Waals surface area contributed by atoms with E-state index < -0.39 is 0 Å². The third-order valence-corrected chi connectivity index (χ3v) is 4.67. The van der Waals surface area contributed by atoms with Crippen LogP contribution < -0.4 is 5.32 Å². The lowest BCUT2D eigenvalue weighted by atomic mass is 10.0. The maximum atomic E-state index is 12.7. The monoisotopic (exact) mass is 280 g/mol. The number of fused-ring (bicyclic) bond motifs is 1. The topological polar surface area (TPSA) is 42.0 Å². The summed E-state index contributed by atoms with van der Waals surface area (Å²) in [4.78, 5) is 17.4. The molecule has 4 rings (SSSR count). The number of amides is 1. The van der Waals surface area contributed by atoms with Crippen LogP contribution in [-0.2, 0) is 0 Å². The Morgan fingerprint density at radius 1 is 1.10 bits per heavy atom. The lowest BCUT2D eigenvalue weighted by Crippen LogP contribution is -2.32. The number of benzene rings is 1. The zero-order valence-electron chi connectivity index (χ0n) is 12.1. The number of pyridine rings is 1. The van der Waals surface area contributed by atoms with Gasteiger partial charge in [-0.2, -0.15) is 0 Å². The highest BCUT2D eigenvalue weighted by atomic mass is 16.1. The molecular weight excluding hydrogens is 260 g/mol. The average molecular weight is 280 g/mol. The molecule has 21 heavy (non-hydrogen) atoms. The Labute approximate surface area is 124 Å². The van der Waals surface area contributed by atoms with Gasteiger partial charge in [0.1, 0.15) is 0 Å². The van der Waals surface area contributed by atoms with Gasteiger partial charge in [0.05, 0.1) is 11.1 Å². The number of nitrogens with one attached hydrogen (secondary N) is 1. The number of carbonyl (C=O) groups excluding carboxylic acids is 1. The van der Waals surface area contributed by atoms with Crippen molar-refractivity contribution in [2.24, 2.45) is 0 Å². The second-order valence-electron chi connectivity index (χ2n) is 6.34. The van der Waals surface area contributed by atoms with Crippen LogP contribution in [0.5, 0.6) is 0 Å². The van der Waals surface area contributed by atoms with Crippen LogP contribution in [0.1, 0.15) is 60.5 Å². The first-order chi connectivity index (χ1) is 10.3. The molecular formula is C18H20N2O. The summed E-state index contributed by atoms with van der Waals surface area (Å²) < 4.78 is 0. The van der Waals surface area contributed by atoms with Crippen molar-refractivity contribution in [2.45, 2.75) is 50.5 Å². The van der Waals surface area contributed by atoms with Gasteiger partial charge in [-0.3, -0.25) is 9.78 Å². The van der Waals surface area contributed by atoms with E-state index >= 15 is 0 Å². The molecule has 0 bridgehead atoms. The minimum absolute atomic E-state index is 0.0717. The molecule has 2 saturated carbocycles. The lowest BCUT2D eigenvalue weighted by Gasteiger charge is -2.14. The van der Waals surface area contributed by atoms with Crippen LogP contribution in [0.3, 0.4) is 0 Å². The first kappa shape index (κ1) is 12.8. The second kappa shape index (κ2) is 5.14. The Bertz CT molecular complexity index is 685. The Kier molecular flexibility index (Phi) is 3.13. The van der Waals surface area contributed by atoms with Crippen molar-refractivity contribution >= 4 is 16.8 Å². The first-order valence-electron chi connectivity index (χ1n) is 8.02. The quantitative estimate of drug-likeness (QED) is 0.929. The van der Waals surface area contributed by atoms with Gasteiger partial charge in [0.2, 0.25) is 0 Å². The van der Waals surface area contributed by atoms with Crippen LogP contribution in [-0.4, -0.2) is 16.9 Å². The molecule has 1 heterocycles. The van der Waals surface area contributed by atoms with Gasteiger partial charge in [0.25, 0.3) is 5.91 Å². The van der Waals surface area contributed by atoms with Crippen molar-refractivity contribution < 1.29 is 4.79 Å². The van der Waals surface area contributed by atoms with E-state index in [0.29, 0.717) is 12.0 Å². The van der Waals surface area contributed by atoms with Crippen LogP contribution in [0.2, 0.25) is 0 Å². The van der Waals surface area contributed by atoms with Crippen molar-refractivity contribution in [3.63, 3.8) is 0 Å². The van der Waals surface area contributed by atoms with Crippen molar-refractivity contribution in [3.05, 3.63) is 41.6 Å². The molecule has 0 atom stereocenters. The number of rotatable bonds is 3. The molecule has 2 aromatic rings. The van der Waals surface area contributed by atoms with Crippen molar-refractivity contribution in [1.82, 2.24) is 10.3 Å². The summed E-state index contributed by atoms with van der Waals surface area (Å²) in [7, 11) is 0. The molecule has 1 aromatic heterocycles. The van der Waals surface area contributed by atoms with Crippen LogP contribution in [0, 0.1) is 0 Å². The summed E-state index contributed by atoms with van der Waals surface area (Å²) in [6, 6.07) is 10.4. The third kappa shape index (κ3) is 2.53. The molecule has 1 N–H and O–H groups in total. The number of aromatic nitrogens is 1. The molecule has 0 radical (unpaired) electrons. The Morgan fingerprint density at radius 3 is 2.62 bits per heavy atom. The normalized spacial score (nSPS) is 19.0. The largest absolute Gasteiger partial charge is 0.349 e. The fourth-order valence-corrected chi connectivity index (χ4v) is 3.31.